The first-order chi connectivity index (χ1) is 27.0. The summed E-state index contributed by atoms with van der Waals surface area (Å²) >= 11 is 0. The van der Waals surface area contributed by atoms with E-state index in [0.717, 1.165) is 46.7 Å². The van der Waals surface area contributed by atoms with Crippen molar-refractivity contribution in [1.82, 2.24) is 4.90 Å². The summed E-state index contributed by atoms with van der Waals surface area (Å²) in [5.41, 5.74) is 2.71. The third-order valence-electron chi connectivity index (χ3n) is 12.3. The number of amides is 3. The number of fused-ring (bicyclic) bond motifs is 2. The predicted octanol–water partition coefficient (Wildman–Crippen LogP) is 6.39. The zero-order valence-corrected chi connectivity index (χ0v) is 34.1. The number of benzene rings is 4. The molecule has 3 aliphatic rings. The van der Waals surface area contributed by atoms with Crippen LogP contribution in [-0.4, -0.2) is 75.8 Å². The highest BCUT2D eigenvalue weighted by Gasteiger charge is 2.66. The van der Waals surface area contributed by atoms with Gasteiger partial charge in [-0.05, 0) is 72.0 Å². The van der Waals surface area contributed by atoms with Gasteiger partial charge in [-0.25, -0.2) is 0 Å². The highest BCUT2D eigenvalue weighted by molar-refractivity contribution is 6.91. The van der Waals surface area contributed by atoms with Crippen LogP contribution in [0.4, 0.5) is 11.4 Å². The Morgan fingerprint density at radius 3 is 2.27 bits per heavy atom. The Hall–Kier alpha value is -4.97. The molecule has 294 valence electrons. The number of aliphatic hydroxyl groups is 1. The summed E-state index contributed by atoms with van der Waals surface area (Å²) in [6.45, 7) is 8.08. The summed E-state index contributed by atoms with van der Waals surface area (Å²) in [5, 5.41) is 11.2. The molecule has 0 saturated carbocycles. The van der Waals surface area contributed by atoms with Gasteiger partial charge in [-0.3, -0.25) is 14.4 Å². The first-order valence-electron chi connectivity index (χ1n) is 19.7. The van der Waals surface area contributed by atoms with Gasteiger partial charge in [0.1, 0.15) is 11.5 Å². The number of hydrogen-bond acceptors (Lipinski definition) is 7. The van der Waals surface area contributed by atoms with Crippen LogP contribution in [0.3, 0.4) is 0 Å². The van der Waals surface area contributed by atoms with Gasteiger partial charge in [0.2, 0.25) is 11.8 Å². The van der Waals surface area contributed by atoms with E-state index in [9.17, 15) is 14.7 Å². The van der Waals surface area contributed by atoms with Gasteiger partial charge in [-0.1, -0.05) is 79.8 Å². The van der Waals surface area contributed by atoms with Crippen molar-refractivity contribution in [2.24, 2.45) is 5.92 Å². The van der Waals surface area contributed by atoms with E-state index in [2.05, 4.69) is 32.2 Å². The molecule has 56 heavy (non-hydrogen) atoms. The average Bonchev–Trinajstić information content (AvgIpc) is 3.64. The molecule has 4 atom stereocenters. The van der Waals surface area contributed by atoms with Crippen LogP contribution in [0.1, 0.15) is 49.3 Å². The third-order valence-corrected chi connectivity index (χ3v) is 16.6. The molecule has 0 unspecified atom stereocenters. The fourth-order valence-electron chi connectivity index (χ4n) is 9.34. The third kappa shape index (κ3) is 7.23. The second-order valence-electron chi connectivity index (χ2n) is 15.8. The molecule has 2 saturated heterocycles. The number of anilines is 2. The minimum atomic E-state index is -2.53. The lowest BCUT2D eigenvalue weighted by molar-refractivity contribution is -0.150. The zero-order valence-electron chi connectivity index (χ0n) is 33.1. The molecular formula is C45H53N3O7Si. The summed E-state index contributed by atoms with van der Waals surface area (Å²) in [6.07, 6.45) is 1.92. The smallest absolute Gasteiger partial charge is 0.264 e. The first-order valence-corrected chi connectivity index (χ1v) is 22.7. The molecule has 0 aromatic heterocycles. The molecule has 4 aromatic carbocycles. The first kappa shape index (κ1) is 39.3. The van der Waals surface area contributed by atoms with Crippen LogP contribution >= 0.6 is 0 Å². The lowest BCUT2D eigenvalue weighted by atomic mass is 9.82. The number of nitrogens with zero attached hydrogens (tertiary/aromatic N) is 3. The quantitative estimate of drug-likeness (QED) is 0.157. The van der Waals surface area contributed by atoms with Crippen molar-refractivity contribution in [3.63, 3.8) is 0 Å². The van der Waals surface area contributed by atoms with Gasteiger partial charge in [-0.15, -0.1) is 0 Å². The lowest BCUT2D eigenvalue weighted by Gasteiger charge is -2.37. The maximum Gasteiger partial charge on any atom is 0.264 e. The number of hydrogen-bond donors (Lipinski definition) is 1. The van der Waals surface area contributed by atoms with E-state index in [-0.39, 0.29) is 48.8 Å². The number of rotatable bonds is 13. The predicted molar refractivity (Wildman–Crippen MR) is 220 cm³/mol. The maximum absolute atomic E-state index is 15.3. The van der Waals surface area contributed by atoms with Crippen LogP contribution < -0.4 is 24.5 Å². The molecule has 0 bridgehead atoms. The maximum atomic E-state index is 15.3. The molecule has 11 heteroatoms. The van der Waals surface area contributed by atoms with Gasteiger partial charge in [0.15, 0.2) is 5.60 Å². The van der Waals surface area contributed by atoms with Crippen LogP contribution in [0, 0.1) is 5.92 Å². The molecule has 3 heterocycles. The zero-order chi connectivity index (χ0) is 39.6. The Labute approximate surface area is 331 Å². The van der Waals surface area contributed by atoms with Gasteiger partial charge in [0.25, 0.3) is 5.91 Å². The van der Waals surface area contributed by atoms with E-state index < -0.39 is 19.8 Å². The number of carbonyl (C=O) groups is 3. The van der Waals surface area contributed by atoms with Crippen molar-refractivity contribution in [3.05, 3.63) is 114 Å². The Kier molecular flexibility index (Phi) is 11.4. The number of ether oxygens (including phenoxy) is 3. The van der Waals surface area contributed by atoms with Crippen LogP contribution in [0.25, 0.3) is 0 Å². The molecule has 3 amide bonds. The van der Waals surface area contributed by atoms with Gasteiger partial charge >= 0.3 is 0 Å². The van der Waals surface area contributed by atoms with Crippen LogP contribution in [-0.2, 0) is 37.8 Å². The SMILES string of the molecule is COc1ccc([Si](C)(C)[C@@H]2[C@@H](CC(=O)N(CCO)Cc3ccccc3)O[C@]3(C(=O)N(Cc4ccc(N5CCCCC5=O)cc4)c4ccc(OC)cc43)[C@H]2C)cc1. The summed E-state index contributed by atoms with van der Waals surface area (Å²) < 4.78 is 18.5. The highest BCUT2D eigenvalue weighted by atomic mass is 28.3. The second-order valence-corrected chi connectivity index (χ2v) is 20.5. The second kappa shape index (κ2) is 16.2. The number of piperidine rings is 1. The van der Waals surface area contributed by atoms with Gasteiger partial charge in [0.05, 0.1) is 53.7 Å². The topological polar surface area (TPSA) is 109 Å². The van der Waals surface area contributed by atoms with Crippen molar-refractivity contribution in [3.8, 4) is 11.5 Å². The standard InChI is InChI=1S/C45H53N3O7Si/c1-31-43(56(4,5)37-21-18-35(53-2)19-22-37)40(28-42(51)46(25-26-49)29-32-11-7-6-8-12-32)55-45(31)38-27-36(54-3)20-23-39(38)48(44(45)52)30-33-14-16-34(17-15-33)47-24-10-9-13-41(47)50/h6-8,11-12,14-23,27,31,40,43,49H,9-10,13,24-26,28-30H2,1-5H3/t31-,40+,43-,45+/m0/s1. The van der Waals surface area contributed by atoms with Gasteiger partial charge in [-0.2, -0.15) is 0 Å². The Morgan fingerprint density at radius 1 is 0.911 bits per heavy atom. The summed E-state index contributed by atoms with van der Waals surface area (Å²) in [7, 11) is 0.735. The molecule has 1 N–H and O–H groups in total. The van der Waals surface area contributed by atoms with Crippen LogP contribution in [0.2, 0.25) is 18.6 Å². The van der Waals surface area contributed by atoms with Crippen molar-refractivity contribution in [2.45, 2.75) is 76.0 Å². The fraction of sp³-hybridized carbons (Fsp3) is 0.400. The van der Waals surface area contributed by atoms with Crippen molar-refractivity contribution in [2.75, 3.05) is 43.7 Å². The Morgan fingerprint density at radius 2 is 1.61 bits per heavy atom. The highest BCUT2D eigenvalue weighted by Crippen LogP contribution is 2.60. The molecule has 2 fully saturated rings. The van der Waals surface area contributed by atoms with E-state index in [1.54, 1.807) is 19.1 Å². The van der Waals surface area contributed by atoms with E-state index in [1.165, 1.54) is 5.19 Å². The molecule has 3 aliphatic heterocycles. The number of aliphatic hydroxyl groups excluding tert-OH is 1. The number of methoxy groups -OCH3 is 2. The molecular weight excluding hydrogens is 723 g/mol. The van der Waals surface area contributed by atoms with E-state index in [4.69, 9.17) is 14.2 Å². The van der Waals surface area contributed by atoms with Crippen molar-refractivity contribution in [1.29, 1.82) is 0 Å². The summed E-state index contributed by atoms with van der Waals surface area (Å²) in [5.74, 6) is 0.890. The summed E-state index contributed by atoms with van der Waals surface area (Å²) in [4.78, 5) is 47.7. The minimum Gasteiger partial charge on any atom is -0.497 e. The van der Waals surface area contributed by atoms with Gasteiger partial charge < -0.3 is 34.0 Å². The minimum absolute atomic E-state index is 0.0550. The Bertz CT molecular complexity index is 2040. The number of carbonyl (C=O) groups excluding carboxylic acids is 3. The molecule has 0 radical (unpaired) electrons. The normalized spacial score (nSPS) is 22.1. The summed E-state index contributed by atoms with van der Waals surface area (Å²) in [6, 6.07) is 31.5. The van der Waals surface area contributed by atoms with Gasteiger partial charge in [0, 0.05) is 43.2 Å². The van der Waals surface area contributed by atoms with E-state index in [0.29, 0.717) is 31.8 Å². The van der Waals surface area contributed by atoms with E-state index in [1.807, 2.05) is 94.7 Å². The molecule has 10 nitrogen and oxygen atoms in total. The monoisotopic (exact) mass is 775 g/mol. The largest absolute Gasteiger partial charge is 0.497 e. The molecule has 1 spiro atoms. The molecule has 7 rings (SSSR count). The lowest BCUT2D eigenvalue weighted by Crippen LogP contribution is -2.52. The van der Waals surface area contributed by atoms with Crippen LogP contribution in [0.15, 0.2) is 97.1 Å². The molecule has 0 aliphatic carbocycles. The molecule has 4 aromatic rings. The Balaban J connectivity index is 1.27. The van der Waals surface area contributed by atoms with Crippen molar-refractivity contribution < 1.29 is 33.7 Å². The van der Waals surface area contributed by atoms with Crippen molar-refractivity contribution >= 4 is 42.4 Å². The van der Waals surface area contributed by atoms with Crippen LogP contribution in [0.5, 0.6) is 11.5 Å². The van der Waals surface area contributed by atoms with E-state index >= 15 is 4.79 Å². The fourth-order valence-corrected chi connectivity index (χ4v) is 13.3. The average molecular weight is 776 g/mol.